The van der Waals surface area contributed by atoms with Gasteiger partial charge in [0, 0.05) is 12.7 Å². The van der Waals surface area contributed by atoms with Gasteiger partial charge in [0.1, 0.15) is 18.9 Å². The maximum atomic E-state index is 12.4. The Morgan fingerprint density at radius 2 is 2.17 bits per heavy atom. The minimum absolute atomic E-state index is 0.0125. The number of ether oxygens (including phenoxy) is 1. The van der Waals surface area contributed by atoms with Crippen molar-refractivity contribution in [3.05, 3.63) is 22.7 Å². The van der Waals surface area contributed by atoms with E-state index in [2.05, 4.69) is 10.3 Å². The van der Waals surface area contributed by atoms with Crippen molar-refractivity contribution in [3.63, 3.8) is 0 Å². The maximum absolute atomic E-state index is 12.4. The third-order valence-corrected chi connectivity index (χ3v) is 3.65. The van der Waals surface area contributed by atoms with Gasteiger partial charge in [0.15, 0.2) is 0 Å². The van der Waals surface area contributed by atoms with E-state index < -0.39 is 36.7 Å². The molecule has 0 bridgehead atoms. The quantitative estimate of drug-likeness (QED) is 0.214. The normalized spacial score (nSPS) is 10.3. The number of aliphatic carboxylic acids is 1. The van der Waals surface area contributed by atoms with E-state index in [1.807, 2.05) is 6.92 Å². The molecule has 0 saturated carbocycles. The molecular formula is C16H26BN5O7. The van der Waals surface area contributed by atoms with Crippen molar-refractivity contribution in [2.75, 3.05) is 31.7 Å². The minimum Gasteiger partial charge on any atom is -0.480 e. The second kappa shape index (κ2) is 13.3. The molecule has 0 aliphatic rings. The Morgan fingerprint density at radius 3 is 2.79 bits per heavy atom. The summed E-state index contributed by atoms with van der Waals surface area (Å²) in [6.45, 7) is 1.47. The molecule has 0 unspecified atom stereocenters. The van der Waals surface area contributed by atoms with Gasteiger partial charge in [-0.15, -0.1) is 0 Å². The number of hydrogen-bond donors (Lipinski definition) is 3. The highest BCUT2D eigenvalue weighted by Crippen LogP contribution is 2.01. The van der Waals surface area contributed by atoms with Gasteiger partial charge < -0.3 is 25.1 Å². The Kier molecular flexibility index (Phi) is 11.0. The summed E-state index contributed by atoms with van der Waals surface area (Å²) in [5, 5.41) is 11.3. The molecule has 0 fully saturated rings. The highest BCUT2D eigenvalue weighted by atomic mass is 16.5. The first-order valence-electron chi connectivity index (χ1n) is 9.16. The minimum atomic E-state index is -1.18. The molecule has 0 aliphatic carbocycles. The summed E-state index contributed by atoms with van der Waals surface area (Å²) in [5.74, 6) is -1.75. The maximum Gasteiger partial charge on any atom is 0.412 e. The third-order valence-electron chi connectivity index (χ3n) is 3.65. The van der Waals surface area contributed by atoms with Gasteiger partial charge >= 0.3 is 17.8 Å². The van der Waals surface area contributed by atoms with Crippen LogP contribution in [0.4, 0.5) is 10.6 Å². The van der Waals surface area contributed by atoms with Gasteiger partial charge in [-0.25, -0.2) is 9.59 Å². The van der Waals surface area contributed by atoms with Crippen LogP contribution in [-0.4, -0.2) is 71.4 Å². The van der Waals surface area contributed by atoms with E-state index in [4.69, 9.17) is 20.2 Å². The van der Waals surface area contributed by atoms with Crippen molar-refractivity contribution in [3.8, 4) is 0 Å². The van der Waals surface area contributed by atoms with Gasteiger partial charge in [-0.2, -0.15) is 4.98 Å². The molecule has 2 amide bonds. The van der Waals surface area contributed by atoms with Crippen molar-refractivity contribution >= 4 is 31.3 Å². The van der Waals surface area contributed by atoms with Crippen LogP contribution in [0.5, 0.6) is 0 Å². The first kappa shape index (κ1) is 24.1. The molecule has 0 radical (unpaired) electrons. The highest BCUT2D eigenvalue weighted by molar-refractivity contribution is 6.27. The van der Waals surface area contributed by atoms with Crippen LogP contribution in [0, 0.1) is 0 Å². The molecule has 1 heterocycles. The topological polar surface area (TPSA) is 166 Å². The Hall–Kier alpha value is -2.93. The Morgan fingerprint density at radius 1 is 1.41 bits per heavy atom. The molecule has 0 aromatic carbocycles. The summed E-state index contributed by atoms with van der Waals surface area (Å²) in [4.78, 5) is 51.8. The fourth-order valence-corrected chi connectivity index (χ4v) is 2.21. The van der Waals surface area contributed by atoms with E-state index in [9.17, 15) is 19.2 Å². The number of aromatic nitrogens is 2. The van der Waals surface area contributed by atoms with Crippen molar-refractivity contribution in [2.45, 2.75) is 32.6 Å². The van der Waals surface area contributed by atoms with Gasteiger partial charge in [0.25, 0.3) is 7.48 Å². The number of carbonyl (C=O) groups is 3. The van der Waals surface area contributed by atoms with E-state index in [0.717, 1.165) is 22.3 Å². The second-order valence-corrected chi connectivity index (χ2v) is 5.98. The smallest absolute Gasteiger partial charge is 0.412 e. The number of nitrogens with one attached hydrogen (secondary N) is 1. The van der Waals surface area contributed by atoms with Crippen molar-refractivity contribution in [1.29, 1.82) is 0 Å². The number of amides is 2. The molecule has 4 N–H and O–H groups in total. The Bertz CT molecular complexity index is 743. The number of carbonyl (C=O) groups excluding carboxylic acids is 2. The van der Waals surface area contributed by atoms with Crippen molar-refractivity contribution < 1.29 is 28.9 Å². The molecule has 160 valence electrons. The zero-order valence-electron chi connectivity index (χ0n) is 16.3. The van der Waals surface area contributed by atoms with E-state index in [1.54, 1.807) is 0 Å². The lowest BCUT2D eigenvalue weighted by molar-refractivity contribution is -0.144. The Labute approximate surface area is 168 Å². The van der Waals surface area contributed by atoms with Crippen LogP contribution in [0.3, 0.4) is 0 Å². The molecule has 1 rings (SSSR count). The summed E-state index contributed by atoms with van der Waals surface area (Å²) >= 11 is 0. The molecule has 0 spiro atoms. The fraction of sp³-hybridized carbons (Fsp3) is 0.562. The van der Waals surface area contributed by atoms with Crippen molar-refractivity contribution in [1.82, 2.24) is 14.5 Å². The lowest BCUT2D eigenvalue weighted by Crippen LogP contribution is -2.40. The van der Waals surface area contributed by atoms with Crippen LogP contribution in [0.15, 0.2) is 17.1 Å². The van der Waals surface area contributed by atoms with Gasteiger partial charge in [-0.1, -0.05) is 13.3 Å². The van der Waals surface area contributed by atoms with E-state index in [1.165, 1.54) is 12.3 Å². The van der Waals surface area contributed by atoms with Crippen LogP contribution < -0.4 is 16.7 Å². The number of hydrogen-bond acceptors (Lipinski definition) is 8. The standard InChI is InChI=1S/C16H26BN5O7/c1-2-3-8-28-16(27)20-12-4-6-22(15(26)19-12)9-13(23)21(10-14(24)25)7-5-17-29-11-18/h4,6,17H,2-3,5,7-11,18H2,1H3,(H,24,25)(H,19,20,26,27). The van der Waals surface area contributed by atoms with Gasteiger partial charge in [0.05, 0.1) is 13.3 Å². The summed E-state index contributed by atoms with van der Waals surface area (Å²) in [6, 6.07) is 1.34. The number of carboxylic acid groups (broad SMARTS) is 1. The SMILES string of the molecule is CCCCOC(=O)Nc1ccn(CC(=O)N(CCBOCN)CC(=O)O)c(=O)n1. The zero-order chi connectivity index (χ0) is 21.6. The molecule has 12 nitrogen and oxygen atoms in total. The molecule has 0 saturated heterocycles. The van der Waals surface area contributed by atoms with E-state index in [0.29, 0.717) is 6.32 Å². The number of rotatable bonds is 13. The summed E-state index contributed by atoms with van der Waals surface area (Å²) < 4.78 is 10.9. The molecular weight excluding hydrogens is 385 g/mol. The van der Waals surface area contributed by atoms with Crippen LogP contribution in [-0.2, 0) is 25.5 Å². The molecule has 0 atom stereocenters. The number of carboxylic acids is 1. The average molecular weight is 411 g/mol. The molecule has 1 aromatic heterocycles. The fourth-order valence-electron chi connectivity index (χ4n) is 2.21. The van der Waals surface area contributed by atoms with Crippen LogP contribution in [0.2, 0.25) is 6.32 Å². The van der Waals surface area contributed by atoms with Crippen LogP contribution >= 0.6 is 0 Å². The van der Waals surface area contributed by atoms with Gasteiger partial charge in [-0.05, 0) is 18.8 Å². The number of nitrogens with zero attached hydrogens (tertiary/aromatic N) is 3. The highest BCUT2D eigenvalue weighted by Gasteiger charge is 2.18. The van der Waals surface area contributed by atoms with E-state index >= 15 is 0 Å². The molecule has 0 aliphatic heterocycles. The number of unbranched alkanes of at least 4 members (excludes halogenated alkanes) is 1. The lowest BCUT2D eigenvalue weighted by atomic mass is 9.95. The number of nitrogens with two attached hydrogens (primary N) is 1. The summed E-state index contributed by atoms with van der Waals surface area (Å²) in [6.07, 6.45) is 2.54. The monoisotopic (exact) mass is 411 g/mol. The van der Waals surface area contributed by atoms with Crippen molar-refractivity contribution in [2.24, 2.45) is 5.73 Å². The second-order valence-electron chi connectivity index (χ2n) is 5.98. The van der Waals surface area contributed by atoms with Crippen LogP contribution in [0.25, 0.3) is 0 Å². The summed E-state index contributed by atoms with van der Waals surface area (Å²) in [7, 11) is 0.274. The predicted molar refractivity (Wildman–Crippen MR) is 105 cm³/mol. The van der Waals surface area contributed by atoms with E-state index in [-0.39, 0.29) is 33.2 Å². The predicted octanol–water partition coefficient (Wildman–Crippen LogP) is -0.792. The van der Waals surface area contributed by atoms with Gasteiger partial charge in [0.2, 0.25) is 5.91 Å². The molecule has 1 aromatic rings. The first-order chi connectivity index (χ1) is 13.9. The van der Waals surface area contributed by atoms with Gasteiger partial charge in [-0.3, -0.25) is 19.5 Å². The molecule has 13 heteroatoms. The summed E-state index contributed by atoms with van der Waals surface area (Å²) in [5.41, 5.74) is 4.43. The number of anilines is 1. The zero-order valence-corrected chi connectivity index (χ0v) is 16.3. The van der Waals surface area contributed by atoms with Crippen LogP contribution in [0.1, 0.15) is 19.8 Å². The first-order valence-corrected chi connectivity index (χ1v) is 9.16. The molecule has 29 heavy (non-hydrogen) atoms. The Balaban J connectivity index is 2.69. The lowest BCUT2D eigenvalue weighted by Gasteiger charge is -2.21. The third kappa shape index (κ3) is 9.71. The largest absolute Gasteiger partial charge is 0.480 e. The average Bonchev–Trinajstić information content (AvgIpc) is 2.66.